The summed E-state index contributed by atoms with van der Waals surface area (Å²) in [5, 5.41) is 0. The van der Waals surface area contributed by atoms with E-state index in [2.05, 4.69) is 25.3 Å². The molecular formula is C33H70N2O2. The van der Waals surface area contributed by atoms with Crippen molar-refractivity contribution >= 4 is 11.6 Å². The molecule has 0 aromatic heterocycles. The zero-order chi connectivity index (χ0) is 28.4. The molecule has 0 rings (SSSR count). The Balaban J connectivity index is -0.00000274. The summed E-state index contributed by atoms with van der Waals surface area (Å²) < 4.78 is 0. The SMILES string of the molecule is CCCCCCCCCCCCCC(=O)CC(C)C(=O)CCCCCCCCCCCCC.CN.CN. The molecule has 0 saturated heterocycles. The lowest BCUT2D eigenvalue weighted by atomic mass is 9.93. The first-order chi connectivity index (χ1) is 18.1. The van der Waals surface area contributed by atoms with E-state index >= 15 is 0 Å². The van der Waals surface area contributed by atoms with Gasteiger partial charge < -0.3 is 11.5 Å². The molecule has 0 heterocycles. The van der Waals surface area contributed by atoms with Crippen molar-refractivity contribution in [3.8, 4) is 0 Å². The second-order valence-corrected chi connectivity index (χ2v) is 10.7. The second-order valence-electron chi connectivity index (χ2n) is 10.7. The van der Waals surface area contributed by atoms with Gasteiger partial charge in [-0.2, -0.15) is 0 Å². The number of unbranched alkanes of at least 4 members (excludes halogenated alkanes) is 20. The molecule has 1 atom stereocenters. The van der Waals surface area contributed by atoms with Crippen LogP contribution in [-0.4, -0.2) is 25.7 Å². The van der Waals surface area contributed by atoms with E-state index in [0.29, 0.717) is 30.8 Å². The molecule has 0 radical (unpaired) electrons. The van der Waals surface area contributed by atoms with Crippen LogP contribution in [0.1, 0.15) is 181 Å². The van der Waals surface area contributed by atoms with Crippen molar-refractivity contribution in [1.29, 1.82) is 0 Å². The monoisotopic (exact) mass is 527 g/mol. The summed E-state index contributed by atoms with van der Waals surface area (Å²) in [5.74, 6) is 0.525. The fourth-order valence-corrected chi connectivity index (χ4v) is 4.75. The highest BCUT2D eigenvalue weighted by molar-refractivity contribution is 5.87. The van der Waals surface area contributed by atoms with Gasteiger partial charge in [-0.05, 0) is 26.9 Å². The van der Waals surface area contributed by atoms with Gasteiger partial charge in [0.15, 0.2) is 0 Å². The zero-order valence-electron chi connectivity index (χ0n) is 26.2. The largest absolute Gasteiger partial charge is 0.333 e. The Bertz CT molecular complexity index is 440. The molecule has 0 aliphatic heterocycles. The van der Waals surface area contributed by atoms with E-state index in [-0.39, 0.29) is 5.92 Å². The van der Waals surface area contributed by atoms with Crippen LogP contribution in [0, 0.1) is 5.92 Å². The predicted octanol–water partition coefficient (Wildman–Crippen LogP) is 9.70. The molecule has 4 nitrogen and oxygen atoms in total. The first-order valence-electron chi connectivity index (χ1n) is 16.3. The summed E-state index contributed by atoms with van der Waals surface area (Å²) in [4.78, 5) is 24.6. The standard InChI is InChI=1S/C31H60O2.2CH5N/c1-4-6-8-10-12-14-16-18-20-22-24-26-30(32)28-29(3)31(33)27-25-23-21-19-17-15-13-11-9-7-5-2;2*1-2/h29H,4-28H2,1-3H3;2*2H2,1H3. The smallest absolute Gasteiger partial charge is 0.136 e. The van der Waals surface area contributed by atoms with Crippen molar-refractivity contribution in [2.24, 2.45) is 17.4 Å². The lowest BCUT2D eigenvalue weighted by Crippen LogP contribution is -2.15. The van der Waals surface area contributed by atoms with E-state index in [1.54, 1.807) is 0 Å². The van der Waals surface area contributed by atoms with E-state index in [1.165, 1.54) is 143 Å². The minimum absolute atomic E-state index is 0.0756. The van der Waals surface area contributed by atoms with Crippen LogP contribution in [0.25, 0.3) is 0 Å². The molecule has 0 aliphatic rings. The number of carbonyl (C=O) groups excluding carboxylic acids is 2. The third-order valence-corrected chi connectivity index (χ3v) is 7.17. The van der Waals surface area contributed by atoms with Crippen molar-refractivity contribution in [2.45, 2.75) is 181 Å². The number of rotatable bonds is 27. The topological polar surface area (TPSA) is 86.2 Å². The summed E-state index contributed by atoms with van der Waals surface area (Å²) in [5.41, 5.74) is 9.00. The highest BCUT2D eigenvalue weighted by Gasteiger charge is 2.16. The third kappa shape index (κ3) is 35.3. The van der Waals surface area contributed by atoms with Gasteiger partial charge in [-0.25, -0.2) is 0 Å². The molecule has 0 fully saturated rings. The van der Waals surface area contributed by atoms with Crippen molar-refractivity contribution in [2.75, 3.05) is 14.1 Å². The summed E-state index contributed by atoms with van der Waals surface area (Å²) in [6, 6.07) is 0. The molecule has 0 aromatic carbocycles. The Morgan fingerprint density at radius 3 is 1.05 bits per heavy atom. The number of nitrogens with two attached hydrogens (primary N) is 2. The van der Waals surface area contributed by atoms with Gasteiger partial charge in [0, 0.05) is 25.2 Å². The van der Waals surface area contributed by atoms with Gasteiger partial charge in [0.25, 0.3) is 0 Å². The number of carbonyl (C=O) groups is 2. The molecule has 4 heteroatoms. The van der Waals surface area contributed by atoms with Gasteiger partial charge in [0.2, 0.25) is 0 Å². The molecule has 0 bridgehead atoms. The van der Waals surface area contributed by atoms with Gasteiger partial charge in [0.1, 0.15) is 11.6 Å². The molecule has 224 valence electrons. The Kier molecular flexibility index (Phi) is 41.2. The van der Waals surface area contributed by atoms with E-state index in [0.717, 1.165) is 12.8 Å². The van der Waals surface area contributed by atoms with Gasteiger partial charge in [-0.3, -0.25) is 9.59 Å². The molecule has 0 amide bonds. The highest BCUT2D eigenvalue weighted by atomic mass is 16.1. The average Bonchev–Trinajstić information content (AvgIpc) is 2.92. The van der Waals surface area contributed by atoms with Crippen LogP contribution in [0.2, 0.25) is 0 Å². The van der Waals surface area contributed by atoms with Crippen LogP contribution >= 0.6 is 0 Å². The Morgan fingerprint density at radius 1 is 0.459 bits per heavy atom. The lowest BCUT2D eigenvalue weighted by Gasteiger charge is -2.10. The van der Waals surface area contributed by atoms with E-state index in [1.807, 2.05) is 6.92 Å². The molecule has 0 spiro atoms. The lowest BCUT2D eigenvalue weighted by molar-refractivity contribution is -0.127. The number of hydrogen-bond donors (Lipinski definition) is 2. The Labute approximate surface area is 233 Å². The van der Waals surface area contributed by atoms with Crippen LogP contribution in [0.15, 0.2) is 0 Å². The summed E-state index contributed by atoms with van der Waals surface area (Å²) in [7, 11) is 3.00. The molecule has 0 aliphatic carbocycles. The maximum absolute atomic E-state index is 12.3. The Hall–Kier alpha value is -0.740. The van der Waals surface area contributed by atoms with Crippen LogP contribution in [0.3, 0.4) is 0 Å². The normalized spacial score (nSPS) is 11.2. The maximum atomic E-state index is 12.3. The van der Waals surface area contributed by atoms with Crippen LogP contribution in [-0.2, 0) is 9.59 Å². The molecule has 0 saturated carbocycles. The molecular weight excluding hydrogens is 456 g/mol. The van der Waals surface area contributed by atoms with Crippen LogP contribution in [0.4, 0.5) is 0 Å². The van der Waals surface area contributed by atoms with Crippen molar-refractivity contribution in [3.05, 3.63) is 0 Å². The van der Waals surface area contributed by atoms with E-state index in [4.69, 9.17) is 0 Å². The number of ketones is 2. The van der Waals surface area contributed by atoms with E-state index < -0.39 is 0 Å². The molecule has 1 unspecified atom stereocenters. The molecule has 0 aromatic rings. The van der Waals surface area contributed by atoms with Crippen molar-refractivity contribution in [1.82, 2.24) is 0 Å². The summed E-state index contributed by atoms with van der Waals surface area (Å²) in [6.07, 6.45) is 30.6. The van der Waals surface area contributed by atoms with Crippen LogP contribution < -0.4 is 11.5 Å². The fraction of sp³-hybridized carbons (Fsp3) is 0.939. The Morgan fingerprint density at radius 2 is 0.730 bits per heavy atom. The average molecular weight is 527 g/mol. The van der Waals surface area contributed by atoms with E-state index in [9.17, 15) is 9.59 Å². The summed E-state index contributed by atoms with van der Waals surface area (Å²) in [6.45, 7) is 6.49. The first-order valence-corrected chi connectivity index (χ1v) is 16.3. The van der Waals surface area contributed by atoms with Gasteiger partial charge >= 0.3 is 0 Å². The minimum Gasteiger partial charge on any atom is -0.333 e. The molecule has 4 N–H and O–H groups in total. The van der Waals surface area contributed by atoms with Gasteiger partial charge in [0.05, 0.1) is 0 Å². The van der Waals surface area contributed by atoms with Gasteiger partial charge in [-0.1, -0.05) is 149 Å². The quantitative estimate of drug-likeness (QED) is 0.104. The number of Topliss-reactive ketones (excluding diaryl/α,β-unsaturated/α-hetero) is 2. The van der Waals surface area contributed by atoms with Crippen molar-refractivity contribution in [3.63, 3.8) is 0 Å². The fourth-order valence-electron chi connectivity index (χ4n) is 4.75. The highest BCUT2D eigenvalue weighted by Crippen LogP contribution is 2.16. The van der Waals surface area contributed by atoms with Crippen LogP contribution in [0.5, 0.6) is 0 Å². The second kappa shape index (κ2) is 37.4. The third-order valence-electron chi connectivity index (χ3n) is 7.17. The zero-order valence-corrected chi connectivity index (χ0v) is 26.2. The first kappa shape index (κ1) is 40.8. The number of hydrogen-bond acceptors (Lipinski definition) is 4. The predicted molar refractivity (Wildman–Crippen MR) is 166 cm³/mol. The minimum atomic E-state index is -0.0756. The van der Waals surface area contributed by atoms with Crippen molar-refractivity contribution < 1.29 is 9.59 Å². The maximum Gasteiger partial charge on any atom is 0.136 e. The summed E-state index contributed by atoms with van der Waals surface area (Å²) >= 11 is 0. The molecule has 37 heavy (non-hydrogen) atoms. The van der Waals surface area contributed by atoms with Gasteiger partial charge in [-0.15, -0.1) is 0 Å².